The van der Waals surface area contributed by atoms with Crippen LogP contribution in [0.25, 0.3) is 11.0 Å². The minimum absolute atomic E-state index is 0.00114. The molecular formula is C44H43FN10O7. The lowest BCUT2D eigenvalue weighted by molar-refractivity contribution is -0.151. The molecule has 2 fully saturated rings. The van der Waals surface area contributed by atoms with Gasteiger partial charge in [-0.15, -0.1) is 0 Å². The van der Waals surface area contributed by atoms with E-state index in [1.54, 1.807) is 10.9 Å². The van der Waals surface area contributed by atoms with E-state index in [1.807, 2.05) is 57.3 Å². The van der Waals surface area contributed by atoms with Crippen molar-refractivity contribution in [2.24, 2.45) is 7.05 Å². The molecule has 17 nitrogen and oxygen atoms in total. The second kappa shape index (κ2) is 15.7. The molecule has 4 aliphatic heterocycles. The molecule has 0 bridgehead atoms. The Morgan fingerprint density at radius 2 is 1.66 bits per heavy atom. The number of aryl methyl sites for hydroxylation is 3. The zero-order chi connectivity index (χ0) is 43.4. The first-order valence-electron chi connectivity index (χ1n) is 20.4. The number of imide groups is 2. The van der Waals surface area contributed by atoms with Gasteiger partial charge in [0.1, 0.15) is 11.8 Å². The number of carbonyl (C=O) groups is 6. The van der Waals surface area contributed by atoms with Crippen LogP contribution in [0.4, 0.5) is 27.5 Å². The summed E-state index contributed by atoms with van der Waals surface area (Å²) in [7, 11) is 1.82. The SMILES string of the molecule is Cc1cccc(C)c1Nc1nn(C)c2nc(Nc3ccc4c(c3)CN(C(=O)C3(F)CCN(C(=O)COc5ccc6c(c5)C(=O)N(C5CCC(=O)NC5=O)C6=O)CC3)CC4)ncc12. The summed E-state index contributed by atoms with van der Waals surface area (Å²) < 4.78 is 23.8. The Balaban J connectivity index is 0.789. The lowest BCUT2D eigenvalue weighted by atomic mass is 9.90. The molecule has 2 saturated heterocycles. The number of rotatable bonds is 9. The Kier molecular flexibility index (Phi) is 10.1. The number of halogens is 1. The predicted molar refractivity (Wildman–Crippen MR) is 223 cm³/mol. The van der Waals surface area contributed by atoms with Crippen LogP contribution < -0.4 is 20.7 Å². The third kappa shape index (κ3) is 7.34. The molecule has 6 amide bonds. The van der Waals surface area contributed by atoms with Crippen LogP contribution in [0.2, 0.25) is 0 Å². The van der Waals surface area contributed by atoms with Gasteiger partial charge in [0.25, 0.3) is 23.6 Å². The molecular weight excluding hydrogens is 800 g/mol. The molecule has 318 valence electrons. The van der Waals surface area contributed by atoms with Gasteiger partial charge in [0.05, 0.1) is 16.5 Å². The fourth-order valence-electron chi connectivity index (χ4n) is 8.64. The number of nitrogens with zero attached hydrogens (tertiary/aromatic N) is 7. The average molecular weight is 843 g/mol. The number of para-hydroxylation sites is 1. The van der Waals surface area contributed by atoms with E-state index in [2.05, 4.69) is 26.0 Å². The van der Waals surface area contributed by atoms with Crippen LogP contribution in [0.15, 0.2) is 60.8 Å². The highest BCUT2D eigenvalue weighted by molar-refractivity contribution is 6.23. The lowest BCUT2D eigenvalue weighted by Gasteiger charge is -2.39. The summed E-state index contributed by atoms with van der Waals surface area (Å²) in [5.74, 6) is -2.41. The monoisotopic (exact) mass is 842 g/mol. The Labute approximate surface area is 354 Å². The van der Waals surface area contributed by atoms with Crippen LogP contribution >= 0.6 is 0 Å². The van der Waals surface area contributed by atoms with Crippen molar-refractivity contribution in [3.63, 3.8) is 0 Å². The number of hydrogen-bond acceptors (Lipinski definition) is 12. The first-order valence-corrected chi connectivity index (χ1v) is 20.4. The minimum atomic E-state index is -2.15. The fourth-order valence-corrected chi connectivity index (χ4v) is 8.64. The maximum absolute atomic E-state index is 16.4. The van der Waals surface area contributed by atoms with Crippen LogP contribution in [0.5, 0.6) is 5.75 Å². The van der Waals surface area contributed by atoms with Crippen LogP contribution in [0, 0.1) is 13.8 Å². The molecule has 5 aromatic rings. The van der Waals surface area contributed by atoms with Crippen molar-refractivity contribution < 1.29 is 37.9 Å². The molecule has 18 heteroatoms. The topological polar surface area (TPSA) is 201 Å². The molecule has 62 heavy (non-hydrogen) atoms. The number of anilines is 4. The van der Waals surface area contributed by atoms with Crippen molar-refractivity contribution in [2.45, 2.75) is 64.2 Å². The summed E-state index contributed by atoms with van der Waals surface area (Å²) >= 11 is 0. The van der Waals surface area contributed by atoms with Crippen LogP contribution in [0.3, 0.4) is 0 Å². The highest BCUT2D eigenvalue weighted by Crippen LogP contribution is 2.34. The molecule has 1 atom stereocenters. The number of hydrogen-bond donors (Lipinski definition) is 3. The lowest BCUT2D eigenvalue weighted by Crippen LogP contribution is -2.54. The standard InChI is InChI=1S/C44H43FN10O7/c1-24-5-4-6-25(2)36(24)49-37-32-21-46-43(50-38(32)52(3)51-37)47-28-8-7-26-13-16-54(22-27(26)19-28)42(61)44(45)14-17-53(18-15-44)35(57)23-62-29-9-10-30-31(20-29)41(60)55(40(30)59)33-11-12-34(56)48-39(33)58/h4-10,19-21,33H,11-18,22-23H2,1-3H3,(H,49,51)(H,46,47,50)(H,48,56,58). The molecule has 9 rings (SSSR count). The number of benzene rings is 3. The van der Waals surface area contributed by atoms with Crippen molar-refractivity contribution in [3.8, 4) is 5.75 Å². The minimum Gasteiger partial charge on any atom is -0.484 e. The quantitative estimate of drug-likeness (QED) is 0.179. The molecule has 3 N–H and O–H groups in total. The van der Waals surface area contributed by atoms with Gasteiger partial charge in [0.15, 0.2) is 23.7 Å². The van der Waals surface area contributed by atoms with E-state index in [1.165, 1.54) is 28.0 Å². The largest absolute Gasteiger partial charge is 0.484 e. The number of nitrogens with one attached hydrogen (secondary N) is 3. The molecule has 0 saturated carbocycles. The molecule has 6 heterocycles. The Morgan fingerprint density at radius 3 is 2.42 bits per heavy atom. The van der Waals surface area contributed by atoms with Crippen LogP contribution in [-0.2, 0) is 39.2 Å². The fraction of sp³-hybridized carbons (Fsp3) is 0.341. The van der Waals surface area contributed by atoms with Gasteiger partial charge in [0, 0.05) is 70.1 Å². The van der Waals surface area contributed by atoms with Gasteiger partial charge in [0.2, 0.25) is 17.8 Å². The molecule has 0 radical (unpaired) electrons. The number of fused-ring (bicyclic) bond motifs is 3. The number of alkyl halides is 1. The average Bonchev–Trinajstić information content (AvgIpc) is 3.70. The normalized spacial score (nSPS) is 18.4. The summed E-state index contributed by atoms with van der Waals surface area (Å²) in [6, 6.07) is 15.0. The summed E-state index contributed by atoms with van der Waals surface area (Å²) in [5, 5.41) is 14.3. The molecule has 0 aliphatic carbocycles. The Morgan fingerprint density at radius 1 is 0.903 bits per heavy atom. The third-order valence-corrected chi connectivity index (χ3v) is 12.1. The molecule has 1 unspecified atom stereocenters. The highest BCUT2D eigenvalue weighted by atomic mass is 19.1. The van der Waals surface area contributed by atoms with Crippen molar-refractivity contribution in [2.75, 3.05) is 36.9 Å². The van der Waals surface area contributed by atoms with Crippen LogP contribution in [0.1, 0.15) is 68.7 Å². The number of aromatic nitrogens is 4. The van der Waals surface area contributed by atoms with Gasteiger partial charge in [-0.2, -0.15) is 10.1 Å². The Hall–Kier alpha value is -7.24. The maximum Gasteiger partial charge on any atom is 0.262 e. The second-order valence-electron chi connectivity index (χ2n) is 16.2. The summed E-state index contributed by atoms with van der Waals surface area (Å²) in [6.07, 6.45) is 1.95. The zero-order valence-electron chi connectivity index (χ0n) is 34.3. The van der Waals surface area contributed by atoms with Crippen LogP contribution in [-0.4, -0.2) is 108 Å². The molecule has 2 aromatic heterocycles. The summed E-state index contributed by atoms with van der Waals surface area (Å²) in [4.78, 5) is 90.2. The smallest absolute Gasteiger partial charge is 0.262 e. The van der Waals surface area contributed by atoms with E-state index in [0.717, 1.165) is 38.2 Å². The van der Waals surface area contributed by atoms with Gasteiger partial charge in [-0.25, -0.2) is 14.1 Å². The Bertz CT molecular complexity index is 2710. The van der Waals surface area contributed by atoms with Gasteiger partial charge >= 0.3 is 0 Å². The van der Waals surface area contributed by atoms with Gasteiger partial charge in [-0.1, -0.05) is 24.3 Å². The zero-order valence-corrected chi connectivity index (χ0v) is 34.3. The van der Waals surface area contributed by atoms with Crippen molar-refractivity contribution in [3.05, 3.63) is 94.2 Å². The summed E-state index contributed by atoms with van der Waals surface area (Å²) in [5.41, 5.74) is 4.41. The number of amides is 6. The number of likely N-dealkylation sites (tertiary alicyclic amines) is 1. The van der Waals surface area contributed by atoms with Crippen molar-refractivity contribution in [1.82, 2.24) is 39.8 Å². The first kappa shape index (κ1) is 40.2. The number of ether oxygens (including phenoxy) is 1. The summed E-state index contributed by atoms with van der Waals surface area (Å²) in [6.45, 7) is 4.25. The van der Waals surface area contributed by atoms with E-state index in [4.69, 9.17) is 9.72 Å². The van der Waals surface area contributed by atoms with Gasteiger partial charge in [-0.05, 0) is 79.3 Å². The molecule has 4 aliphatic rings. The highest BCUT2D eigenvalue weighted by Gasteiger charge is 2.46. The first-order chi connectivity index (χ1) is 29.8. The maximum atomic E-state index is 16.4. The van der Waals surface area contributed by atoms with Gasteiger partial charge in [-0.3, -0.25) is 39.0 Å². The predicted octanol–water partition coefficient (Wildman–Crippen LogP) is 4.16. The van der Waals surface area contributed by atoms with Crippen molar-refractivity contribution in [1.29, 1.82) is 0 Å². The van der Waals surface area contributed by atoms with Gasteiger partial charge < -0.3 is 25.2 Å². The van der Waals surface area contributed by atoms with E-state index in [0.29, 0.717) is 36.1 Å². The number of piperidine rings is 2. The molecule has 3 aromatic carbocycles. The third-order valence-electron chi connectivity index (χ3n) is 12.1. The van der Waals surface area contributed by atoms with E-state index in [-0.39, 0.29) is 62.2 Å². The second-order valence-corrected chi connectivity index (χ2v) is 16.2. The molecule has 0 spiro atoms. The number of carbonyl (C=O) groups excluding carboxylic acids is 6. The van der Waals surface area contributed by atoms with E-state index >= 15 is 4.39 Å². The van der Waals surface area contributed by atoms with E-state index < -0.39 is 53.8 Å². The van der Waals surface area contributed by atoms with Crippen molar-refractivity contribution >= 4 is 69.6 Å². The van der Waals surface area contributed by atoms with E-state index in [9.17, 15) is 28.8 Å².